The van der Waals surface area contributed by atoms with Gasteiger partial charge in [-0.2, -0.15) is 0 Å². The first kappa shape index (κ1) is 15.4. The molecule has 1 unspecified atom stereocenters. The van der Waals surface area contributed by atoms with Crippen LogP contribution in [0.5, 0.6) is 0 Å². The molecule has 0 saturated carbocycles. The SMILES string of the molecule is CCCCCCC(=O)N(CC)CC(C)CN. The summed E-state index contributed by atoms with van der Waals surface area (Å²) in [5.74, 6) is 0.693. The maximum atomic E-state index is 11.9. The van der Waals surface area contributed by atoms with E-state index in [1.807, 2.05) is 11.8 Å². The molecule has 0 aromatic carbocycles. The van der Waals surface area contributed by atoms with E-state index >= 15 is 0 Å². The molecule has 3 heteroatoms. The number of amides is 1. The summed E-state index contributed by atoms with van der Waals surface area (Å²) in [6.45, 7) is 8.57. The maximum Gasteiger partial charge on any atom is 0.222 e. The molecular formula is C13H28N2O. The van der Waals surface area contributed by atoms with Crippen molar-refractivity contribution < 1.29 is 4.79 Å². The van der Waals surface area contributed by atoms with Gasteiger partial charge in [0.1, 0.15) is 0 Å². The van der Waals surface area contributed by atoms with E-state index in [0.29, 0.717) is 24.8 Å². The predicted octanol–water partition coefficient (Wildman–Crippen LogP) is 2.40. The third-order valence-corrected chi connectivity index (χ3v) is 2.91. The van der Waals surface area contributed by atoms with Crippen LogP contribution in [0, 0.1) is 5.92 Å². The summed E-state index contributed by atoms with van der Waals surface area (Å²) in [6.07, 6.45) is 5.35. The molecule has 0 rings (SSSR count). The fraction of sp³-hybridized carbons (Fsp3) is 0.923. The van der Waals surface area contributed by atoms with Gasteiger partial charge in [-0.3, -0.25) is 4.79 Å². The van der Waals surface area contributed by atoms with Crippen LogP contribution < -0.4 is 5.73 Å². The standard InChI is InChI=1S/C13H28N2O/c1-4-6-7-8-9-13(16)15(5-2)11-12(3)10-14/h12H,4-11,14H2,1-3H3. The quantitative estimate of drug-likeness (QED) is 0.616. The van der Waals surface area contributed by atoms with E-state index in [4.69, 9.17) is 5.73 Å². The Balaban J connectivity index is 3.82. The number of carbonyl (C=O) groups is 1. The van der Waals surface area contributed by atoms with Crippen molar-refractivity contribution in [2.24, 2.45) is 11.7 Å². The monoisotopic (exact) mass is 228 g/mol. The Bertz CT molecular complexity index is 183. The van der Waals surface area contributed by atoms with E-state index in [2.05, 4.69) is 13.8 Å². The summed E-state index contributed by atoms with van der Waals surface area (Å²) in [5.41, 5.74) is 5.58. The zero-order valence-electron chi connectivity index (χ0n) is 11.2. The summed E-state index contributed by atoms with van der Waals surface area (Å²) in [6, 6.07) is 0. The van der Waals surface area contributed by atoms with Crippen molar-refractivity contribution in [3.63, 3.8) is 0 Å². The second-order valence-electron chi connectivity index (χ2n) is 4.58. The van der Waals surface area contributed by atoms with Gasteiger partial charge in [-0.05, 0) is 25.8 Å². The Labute approximate surface area is 100 Å². The highest BCUT2D eigenvalue weighted by molar-refractivity contribution is 5.76. The van der Waals surface area contributed by atoms with Gasteiger partial charge in [-0.15, -0.1) is 0 Å². The molecule has 0 radical (unpaired) electrons. The van der Waals surface area contributed by atoms with Gasteiger partial charge in [-0.25, -0.2) is 0 Å². The highest BCUT2D eigenvalue weighted by Crippen LogP contribution is 2.07. The fourth-order valence-corrected chi connectivity index (χ4v) is 1.72. The van der Waals surface area contributed by atoms with Gasteiger partial charge in [0.05, 0.1) is 0 Å². The first-order valence-corrected chi connectivity index (χ1v) is 6.63. The Morgan fingerprint density at radius 2 is 1.94 bits per heavy atom. The first-order valence-electron chi connectivity index (χ1n) is 6.63. The maximum absolute atomic E-state index is 11.9. The molecule has 0 fully saturated rings. The second-order valence-corrected chi connectivity index (χ2v) is 4.58. The second kappa shape index (κ2) is 9.64. The molecule has 1 amide bonds. The summed E-state index contributed by atoms with van der Waals surface area (Å²) < 4.78 is 0. The molecule has 0 aromatic heterocycles. The van der Waals surface area contributed by atoms with Crippen molar-refractivity contribution in [3.05, 3.63) is 0 Å². The van der Waals surface area contributed by atoms with Crippen LogP contribution in [0.4, 0.5) is 0 Å². The lowest BCUT2D eigenvalue weighted by Gasteiger charge is -2.24. The van der Waals surface area contributed by atoms with Gasteiger partial charge in [0.15, 0.2) is 0 Å². The minimum atomic E-state index is 0.291. The van der Waals surface area contributed by atoms with Crippen LogP contribution >= 0.6 is 0 Å². The van der Waals surface area contributed by atoms with Crippen molar-refractivity contribution >= 4 is 5.91 Å². The van der Waals surface area contributed by atoms with E-state index in [0.717, 1.165) is 19.5 Å². The summed E-state index contributed by atoms with van der Waals surface area (Å²) >= 11 is 0. The van der Waals surface area contributed by atoms with Gasteiger partial charge < -0.3 is 10.6 Å². The third-order valence-electron chi connectivity index (χ3n) is 2.91. The first-order chi connectivity index (χ1) is 7.65. The van der Waals surface area contributed by atoms with E-state index < -0.39 is 0 Å². The minimum absolute atomic E-state index is 0.291. The van der Waals surface area contributed by atoms with E-state index in [1.54, 1.807) is 0 Å². The Hall–Kier alpha value is -0.570. The molecule has 0 heterocycles. The third kappa shape index (κ3) is 6.83. The smallest absolute Gasteiger partial charge is 0.222 e. The van der Waals surface area contributed by atoms with Gasteiger partial charge in [0.2, 0.25) is 5.91 Å². The molecule has 0 aliphatic rings. The zero-order valence-corrected chi connectivity index (χ0v) is 11.2. The van der Waals surface area contributed by atoms with Crippen LogP contribution in [0.3, 0.4) is 0 Å². The molecule has 16 heavy (non-hydrogen) atoms. The van der Waals surface area contributed by atoms with Crippen molar-refractivity contribution in [2.45, 2.75) is 52.9 Å². The average Bonchev–Trinajstić information content (AvgIpc) is 2.30. The molecule has 1 atom stereocenters. The number of hydrogen-bond acceptors (Lipinski definition) is 2. The van der Waals surface area contributed by atoms with Crippen molar-refractivity contribution in [3.8, 4) is 0 Å². The van der Waals surface area contributed by atoms with Crippen LogP contribution in [0.25, 0.3) is 0 Å². The molecule has 0 aromatic rings. The van der Waals surface area contributed by atoms with E-state index in [1.165, 1.54) is 19.3 Å². The molecule has 0 aliphatic heterocycles. The van der Waals surface area contributed by atoms with Crippen LogP contribution in [0.15, 0.2) is 0 Å². The Morgan fingerprint density at radius 1 is 1.25 bits per heavy atom. The summed E-state index contributed by atoms with van der Waals surface area (Å²) in [4.78, 5) is 13.8. The van der Waals surface area contributed by atoms with Crippen LogP contribution in [0.1, 0.15) is 52.9 Å². The lowest BCUT2D eigenvalue weighted by Crippen LogP contribution is -2.36. The molecule has 0 saturated heterocycles. The number of nitrogens with zero attached hydrogens (tertiary/aromatic N) is 1. The number of unbranched alkanes of at least 4 members (excludes halogenated alkanes) is 3. The lowest BCUT2D eigenvalue weighted by molar-refractivity contribution is -0.131. The molecule has 3 nitrogen and oxygen atoms in total. The number of carbonyl (C=O) groups excluding carboxylic acids is 1. The fourth-order valence-electron chi connectivity index (χ4n) is 1.72. The van der Waals surface area contributed by atoms with Crippen molar-refractivity contribution in [1.82, 2.24) is 4.90 Å². The van der Waals surface area contributed by atoms with Crippen molar-refractivity contribution in [1.29, 1.82) is 0 Å². The van der Waals surface area contributed by atoms with Crippen LogP contribution in [-0.2, 0) is 4.79 Å². The minimum Gasteiger partial charge on any atom is -0.343 e. The molecular weight excluding hydrogens is 200 g/mol. The van der Waals surface area contributed by atoms with Gasteiger partial charge in [0, 0.05) is 19.5 Å². The number of rotatable bonds is 9. The highest BCUT2D eigenvalue weighted by Gasteiger charge is 2.13. The molecule has 2 N–H and O–H groups in total. The summed E-state index contributed by atoms with van der Waals surface area (Å²) in [7, 11) is 0. The van der Waals surface area contributed by atoms with Crippen LogP contribution in [-0.4, -0.2) is 30.4 Å². The van der Waals surface area contributed by atoms with Gasteiger partial charge in [0.25, 0.3) is 0 Å². The number of nitrogens with two attached hydrogens (primary N) is 1. The topological polar surface area (TPSA) is 46.3 Å². The Morgan fingerprint density at radius 3 is 2.44 bits per heavy atom. The zero-order chi connectivity index (χ0) is 12.4. The molecule has 0 spiro atoms. The molecule has 0 bridgehead atoms. The van der Waals surface area contributed by atoms with E-state index in [9.17, 15) is 4.79 Å². The highest BCUT2D eigenvalue weighted by atomic mass is 16.2. The molecule has 96 valence electrons. The van der Waals surface area contributed by atoms with Gasteiger partial charge >= 0.3 is 0 Å². The van der Waals surface area contributed by atoms with Crippen molar-refractivity contribution in [2.75, 3.05) is 19.6 Å². The molecule has 0 aliphatic carbocycles. The predicted molar refractivity (Wildman–Crippen MR) is 69.2 cm³/mol. The van der Waals surface area contributed by atoms with Gasteiger partial charge in [-0.1, -0.05) is 33.1 Å². The normalized spacial score (nSPS) is 12.5. The largest absolute Gasteiger partial charge is 0.343 e. The lowest BCUT2D eigenvalue weighted by atomic mass is 10.1. The van der Waals surface area contributed by atoms with Crippen LogP contribution in [0.2, 0.25) is 0 Å². The Kier molecular flexibility index (Phi) is 9.30. The summed E-state index contributed by atoms with van der Waals surface area (Å²) in [5, 5.41) is 0. The number of hydrogen-bond donors (Lipinski definition) is 1. The average molecular weight is 228 g/mol. The van der Waals surface area contributed by atoms with E-state index in [-0.39, 0.29) is 0 Å².